The van der Waals surface area contributed by atoms with Crippen molar-refractivity contribution in [2.75, 3.05) is 13.6 Å². The van der Waals surface area contributed by atoms with Crippen LogP contribution >= 0.6 is 0 Å². The molecule has 0 aliphatic heterocycles. The molecule has 1 N–H and O–H groups in total. The predicted octanol–water partition coefficient (Wildman–Crippen LogP) is 3.24. The molecule has 0 aliphatic rings. The monoisotopic (exact) mass is 269 g/mol. The molecule has 20 heavy (non-hydrogen) atoms. The molecule has 0 saturated heterocycles. The van der Waals surface area contributed by atoms with Crippen molar-refractivity contribution in [2.45, 2.75) is 26.0 Å². The number of benzene rings is 2. The first-order chi connectivity index (χ1) is 9.78. The summed E-state index contributed by atoms with van der Waals surface area (Å²) in [7, 11) is 2.16. The van der Waals surface area contributed by atoms with Gasteiger partial charge in [0.05, 0.1) is 6.61 Å². The van der Waals surface area contributed by atoms with E-state index in [0.717, 1.165) is 25.1 Å². The molecule has 0 spiro atoms. The van der Waals surface area contributed by atoms with Gasteiger partial charge in [0.15, 0.2) is 0 Å². The number of hydrogen-bond donors (Lipinski definition) is 1. The standard InChI is InChI=1S/C18H23NO/c1-19(13-5-8-16-6-3-2-4-7-16)14-17-9-11-18(15-20)12-10-17/h2-4,6-7,9-12,20H,5,8,13-15H2,1H3. The summed E-state index contributed by atoms with van der Waals surface area (Å²) in [5.41, 5.74) is 3.68. The lowest BCUT2D eigenvalue weighted by Gasteiger charge is -2.16. The molecule has 0 saturated carbocycles. The molecule has 0 atom stereocenters. The fraction of sp³-hybridized carbons (Fsp3) is 0.333. The summed E-state index contributed by atoms with van der Waals surface area (Å²) in [6.07, 6.45) is 2.31. The maximum Gasteiger partial charge on any atom is 0.0681 e. The van der Waals surface area contributed by atoms with Crippen LogP contribution in [0.2, 0.25) is 0 Å². The van der Waals surface area contributed by atoms with Gasteiger partial charge >= 0.3 is 0 Å². The molecule has 2 aromatic carbocycles. The van der Waals surface area contributed by atoms with Gasteiger partial charge in [-0.3, -0.25) is 0 Å². The molecule has 2 rings (SSSR count). The summed E-state index contributed by atoms with van der Waals surface area (Å²) in [6.45, 7) is 2.17. The SMILES string of the molecule is CN(CCCc1ccccc1)Cc1ccc(CO)cc1. The molecular weight excluding hydrogens is 246 g/mol. The minimum absolute atomic E-state index is 0.118. The van der Waals surface area contributed by atoms with E-state index in [0.29, 0.717) is 0 Å². The molecule has 0 aliphatic carbocycles. The highest BCUT2D eigenvalue weighted by atomic mass is 16.3. The number of nitrogens with zero attached hydrogens (tertiary/aromatic N) is 1. The minimum Gasteiger partial charge on any atom is -0.392 e. The molecule has 0 fully saturated rings. The Bertz CT molecular complexity index is 493. The molecule has 0 amide bonds. The van der Waals surface area contributed by atoms with Gasteiger partial charge in [0.25, 0.3) is 0 Å². The summed E-state index contributed by atoms with van der Waals surface area (Å²) in [4.78, 5) is 2.34. The van der Waals surface area contributed by atoms with Crippen molar-refractivity contribution in [1.29, 1.82) is 0 Å². The highest BCUT2D eigenvalue weighted by molar-refractivity contribution is 5.21. The number of aliphatic hydroxyl groups is 1. The van der Waals surface area contributed by atoms with Crippen LogP contribution in [-0.4, -0.2) is 23.6 Å². The van der Waals surface area contributed by atoms with Crippen LogP contribution in [0.1, 0.15) is 23.1 Å². The topological polar surface area (TPSA) is 23.5 Å². The second kappa shape index (κ2) is 7.83. The van der Waals surface area contributed by atoms with E-state index in [4.69, 9.17) is 5.11 Å². The fourth-order valence-corrected chi connectivity index (χ4v) is 2.34. The average molecular weight is 269 g/mol. The Labute approximate surface area is 121 Å². The van der Waals surface area contributed by atoms with Gasteiger partial charge < -0.3 is 10.0 Å². The second-order valence-corrected chi connectivity index (χ2v) is 5.30. The Morgan fingerprint density at radius 3 is 2.15 bits per heavy atom. The maximum atomic E-state index is 9.02. The van der Waals surface area contributed by atoms with Crippen LogP contribution in [0.5, 0.6) is 0 Å². The third-order valence-electron chi connectivity index (χ3n) is 3.51. The summed E-state index contributed by atoms with van der Waals surface area (Å²) in [5.74, 6) is 0. The van der Waals surface area contributed by atoms with Crippen molar-refractivity contribution >= 4 is 0 Å². The van der Waals surface area contributed by atoms with E-state index in [2.05, 4.69) is 54.4 Å². The summed E-state index contributed by atoms with van der Waals surface area (Å²) < 4.78 is 0. The van der Waals surface area contributed by atoms with Gasteiger partial charge in [0.2, 0.25) is 0 Å². The fourth-order valence-electron chi connectivity index (χ4n) is 2.34. The zero-order valence-corrected chi connectivity index (χ0v) is 12.1. The van der Waals surface area contributed by atoms with E-state index < -0.39 is 0 Å². The van der Waals surface area contributed by atoms with Gasteiger partial charge in [-0.25, -0.2) is 0 Å². The van der Waals surface area contributed by atoms with Crippen molar-refractivity contribution in [1.82, 2.24) is 4.90 Å². The number of rotatable bonds is 7. The van der Waals surface area contributed by atoms with Crippen LogP contribution in [0.25, 0.3) is 0 Å². The molecule has 2 aromatic rings. The maximum absolute atomic E-state index is 9.02. The molecule has 2 heteroatoms. The van der Waals surface area contributed by atoms with Crippen LogP contribution in [0.3, 0.4) is 0 Å². The van der Waals surface area contributed by atoms with Crippen LogP contribution in [-0.2, 0) is 19.6 Å². The van der Waals surface area contributed by atoms with Crippen molar-refractivity contribution in [3.05, 3.63) is 71.3 Å². The van der Waals surface area contributed by atoms with E-state index in [1.807, 2.05) is 12.1 Å². The Morgan fingerprint density at radius 2 is 1.50 bits per heavy atom. The zero-order valence-electron chi connectivity index (χ0n) is 12.1. The van der Waals surface area contributed by atoms with Crippen LogP contribution < -0.4 is 0 Å². The first kappa shape index (κ1) is 14.8. The quantitative estimate of drug-likeness (QED) is 0.834. The Kier molecular flexibility index (Phi) is 5.78. The summed E-state index contributed by atoms with van der Waals surface area (Å²) in [5, 5.41) is 9.02. The van der Waals surface area contributed by atoms with Crippen LogP contribution in [0.15, 0.2) is 54.6 Å². The number of aliphatic hydroxyl groups excluding tert-OH is 1. The highest BCUT2D eigenvalue weighted by Crippen LogP contribution is 2.08. The smallest absolute Gasteiger partial charge is 0.0681 e. The van der Waals surface area contributed by atoms with Gasteiger partial charge in [-0.05, 0) is 43.1 Å². The van der Waals surface area contributed by atoms with Crippen molar-refractivity contribution in [3.8, 4) is 0 Å². The van der Waals surface area contributed by atoms with Crippen LogP contribution in [0, 0.1) is 0 Å². The molecular formula is C18H23NO. The molecule has 0 unspecified atom stereocenters. The van der Waals surface area contributed by atoms with Gasteiger partial charge in [-0.15, -0.1) is 0 Å². The first-order valence-corrected chi connectivity index (χ1v) is 7.19. The first-order valence-electron chi connectivity index (χ1n) is 7.19. The van der Waals surface area contributed by atoms with E-state index in [1.165, 1.54) is 17.5 Å². The summed E-state index contributed by atoms with van der Waals surface area (Å²) >= 11 is 0. The third kappa shape index (κ3) is 4.80. The molecule has 106 valence electrons. The highest BCUT2D eigenvalue weighted by Gasteiger charge is 2.01. The molecule has 0 bridgehead atoms. The number of hydrogen-bond acceptors (Lipinski definition) is 2. The summed E-state index contributed by atoms with van der Waals surface area (Å²) in [6, 6.07) is 18.8. The Balaban J connectivity index is 1.73. The Morgan fingerprint density at radius 1 is 0.850 bits per heavy atom. The lowest BCUT2D eigenvalue weighted by atomic mass is 10.1. The molecule has 0 heterocycles. The van der Waals surface area contributed by atoms with E-state index in [1.54, 1.807) is 0 Å². The van der Waals surface area contributed by atoms with E-state index >= 15 is 0 Å². The van der Waals surface area contributed by atoms with E-state index in [-0.39, 0.29) is 6.61 Å². The van der Waals surface area contributed by atoms with Gasteiger partial charge in [-0.1, -0.05) is 54.6 Å². The van der Waals surface area contributed by atoms with Gasteiger partial charge in [0.1, 0.15) is 0 Å². The molecule has 0 aromatic heterocycles. The zero-order chi connectivity index (χ0) is 14.2. The van der Waals surface area contributed by atoms with Gasteiger partial charge in [-0.2, -0.15) is 0 Å². The Hall–Kier alpha value is -1.64. The normalized spacial score (nSPS) is 10.9. The van der Waals surface area contributed by atoms with Crippen molar-refractivity contribution in [3.63, 3.8) is 0 Å². The van der Waals surface area contributed by atoms with E-state index in [9.17, 15) is 0 Å². The largest absolute Gasteiger partial charge is 0.392 e. The lowest BCUT2D eigenvalue weighted by molar-refractivity contribution is 0.281. The third-order valence-corrected chi connectivity index (χ3v) is 3.51. The van der Waals surface area contributed by atoms with Gasteiger partial charge in [0, 0.05) is 6.54 Å². The lowest BCUT2D eigenvalue weighted by Crippen LogP contribution is -2.19. The molecule has 0 radical (unpaired) electrons. The minimum atomic E-state index is 0.118. The average Bonchev–Trinajstić information content (AvgIpc) is 2.49. The second-order valence-electron chi connectivity index (χ2n) is 5.30. The predicted molar refractivity (Wildman–Crippen MR) is 83.5 cm³/mol. The number of aryl methyl sites for hydroxylation is 1. The van der Waals surface area contributed by atoms with Crippen molar-refractivity contribution in [2.24, 2.45) is 0 Å². The molecule has 2 nitrogen and oxygen atoms in total. The van der Waals surface area contributed by atoms with Crippen LogP contribution in [0.4, 0.5) is 0 Å². The van der Waals surface area contributed by atoms with Crippen molar-refractivity contribution < 1.29 is 5.11 Å².